The number of ether oxygens (including phenoxy) is 2. The average Bonchev–Trinajstić information content (AvgIpc) is 2.93. The number of aromatic nitrogens is 2. The minimum Gasteiger partial charge on any atom is -0.376 e. The van der Waals surface area contributed by atoms with Crippen molar-refractivity contribution in [2.75, 3.05) is 44.3 Å². The van der Waals surface area contributed by atoms with Gasteiger partial charge in [-0.25, -0.2) is 0 Å². The summed E-state index contributed by atoms with van der Waals surface area (Å²) in [6, 6.07) is 3.85. The van der Waals surface area contributed by atoms with Gasteiger partial charge in [-0.15, -0.1) is 5.10 Å². The summed E-state index contributed by atoms with van der Waals surface area (Å²) in [5.74, 6) is 0.937. The molecular formula is C18H28N4O3. The van der Waals surface area contributed by atoms with Crippen molar-refractivity contribution < 1.29 is 14.3 Å². The van der Waals surface area contributed by atoms with E-state index in [-0.39, 0.29) is 12.0 Å². The van der Waals surface area contributed by atoms with Gasteiger partial charge in [0.15, 0.2) is 5.82 Å². The number of hydrogen-bond acceptors (Lipinski definition) is 6. The van der Waals surface area contributed by atoms with Crippen molar-refractivity contribution in [2.24, 2.45) is 0 Å². The highest BCUT2D eigenvalue weighted by Gasteiger charge is 2.25. The van der Waals surface area contributed by atoms with E-state index in [9.17, 15) is 4.79 Å². The molecule has 2 atom stereocenters. The average molecular weight is 348 g/mol. The Hall–Kier alpha value is -1.73. The summed E-state index contributed by atoms with van der Waals surface area (Å²) in [4.78, 5) is 16.8. The second-order valence-electron chi connectivity index (χ2n) is 6.71. The van der Waals surface area contributed by atoms with E-state index in [2.05, 4.69) is 15.1 Å². The van der Waals surface area contributed by atoms with Gasteiger partial charge in [-0.1, -0.05) is 0 Å². The van der Waals surface area contributed by atoms with Crippen LogP contribution in [0.2, 0.25) is 0 Å². The predicted molar refractivity (Wildman–Crippen MR) is 94.4 cm³/mol. The molecule has 0 radical (unpaired) electrons. The molecule has 2 aliphatic rings. The Morgan fingerprint density at radius 3 is 3.00 bits per heavy atom. The van der Waals surface area contributed by atoms with Crippen molar-refractivity contribution in [3.8, 4) is 0 Å². The number of anilines is 1. The smallest absolute Gasteiger partial charge is 0.251 e. The first kappa shape index (κ1) is 18.1. The number of nitrogens with zero attached hydrogens (tertiary/aromatic N) is 4. The lowest BCUT2D eigenvalue weighted by atomic mass is 10.1. The minimum atomic E-state index is -0.423. The van der Waals surface area contributed by atoms with Gasteiger partial charge < -0.3 is 19.3 Å². The molecule has 7 heteroatoms. The second kappa shape index (κ2) is 9.10. The molecule has 0 aliphatic carbocycles. The van der Waals surface area contributed by atoms with E-state index in [1.54, 1.807) is 6.20 Å². The van der Waals surface area contributed by atoms with Gasteiger partial charge in [-0.3, -0.25) is 4.79 Å². The summed E-state index contributed by atoms with van der Waals surface area (Å²) < 4.78 is 11.5. The zero-order chi connectivity index (χ0) is 17.5. The van der Waals surface area contributed by atoms with Crippen LogP contribution in [-0.2, 0) is 14.3 Å². The molecule has 1 amide bonds. The molecule has 0 unspecified atom stereocenters. The quantitative estimate of drug-likeness (QED) is 0.803. The van der Waals surface area contributed by atoms with Gasteiger partial charge in [0, 0.05) is 39.0 Å². The second-order valence-corrected chi connectivity index (χ2v) is 6.71. The number of amides is 1. The molecule has 1 aromatic rings. The Morgan fingerprint density at radius 2 is 2.24 bits per heavy atom. The first-order valence-corrected chi connectivity index (χ1v) is 9.28. The van der Waals surface area contributed by atoms with Gasteiger partial charge in [-0.2, -0.15) is 5.10 Å². The third-order valence-corrected chi connectivity index (χ3v) is 4.84. The highest BCUT2D eigenvalue weighted by atomic mass is 16.5. The summed E-state index contributed by atoms with van der Waals surface area (Å²) in [5.41, 5.74) is 0. The molecule has 0 aromatic carbocycles. The molecule has 0 N–H and O–H groups in total. The van der Waals surface area contributed by atoms with Crippen LogP contribution in [0.15, 0.2) is 18.3 Å². The topological polar surface area (TPSA) is 67.8 Å². The fourth-order valence-electron chi connectivity index (χ4n) is 3.35. The van der Waals surface area contributed by atoms with E-state index >= 15 is 0 Å². The van der Waals surface area contributed by atoms with Crippen LogP contribution in [0.25, 0.3) is 0 Å². The first-order chi connectivity index (χ1) is 12.2. The van der Waals surface area contributed by atoms with Crippen LogP contribution in [0.1, 0.15) is 32.6 Å². The van der Waals surface area contributed by atoms with Gasteiger partial charge in [0.25, 0.3) is 5.91 Å². The SMILES string of the molecule is C[C@@H](OC[C@@H]1CCCCO1)C(=O)N1CCCN(c2cccnn2)CC1. The lowest BCUT2D eigenvalue weighted by Gasteiger charge is -2.27. The summed E-state index contributed by atoms with van der Waals surface area (Å²) in [6.07, 6.45) is 5.64. The predicted octanol–water partition coefficient (Wildman–Crippen LogP) is 1.49. The van der Waals surface area contributed by atoms with Crippen LogP contribution in [-0.4, -0.2) is 72.6 Å². The van der Waals surface area contributed by atoms with Crippen molar-refractivity contribution >= 4 is 11.7 Å². The largest absolute Gasteiger partial charge is 0.376 e. The molecule has 2 fully saturated rings. The summed E-state index contributed by atoms with van der Waals surface area (Å²) in [5, 5.41) is 8.10. The molecule has 25 heavy (non-hydrogen) atoms. The first-order valence-electron chi connectivity index (χ1n) is 9.28. The van der Waals surface area contributed by atoms with Crippen molar-refractivity contribution in [3.63, 3.8) is 0 Å². The summed E-state index contributed by atoms with van der Waals surface area (Å²) in [6.45, 7) is 6.24. The van der Waals surface area contributed by atoms with Gasteiger partial charge >= 0.3 is 0 Å². The molecule has 1 aromatic heterocycles. The van der Waals surface area contributed by atoms with Gasteiger partial charge in [0.1, 0.15) is 6.10 Å². The summed E-state index contributed by atoms with van der Waals surface area (Å²) in [7, 11) is 0. The molecule has 3 heterocycles. The molecule has 0 saturated carbocycles. The molecule has 0 bridgehead atoms. The van der Waals surface area contributed by atoms with Crippen molar-refractivity contribution in [2.45, 2.75) is 44.8 Å². The molecule has 7 nitrogen and oxygen atoms in total. The van der Waals surface area contributed by atoms with Gasteiger partial charge in [-0.05, 0) is 44.7 Å². The van der Waals surface area contributed by atoms with E-state index in [1.165, 1.54) is 6.42 Å². The summed E-state index contributed by atoms with van der Waals surface area (Å²) >= 11 is 0. The Balaban J connectivity index is 1.46. The number of hydrogen-bond donors (Lipinski definition) is 0. The minimum absolute atomic E-state index is 0.0665. The van der Waals surface area contributed by atoms with E-state index in [1.807, 2.05) is 24.0 Å². The fourth-order valence-corrected chi connectivity index (χ4v) is 3.35. The van der Waals surface area contributed by atoms with Crippen LogP contribution in [0.3, 0.4) is 0 Å². The van der Waals surface area contributed by atoms with E-state index in [0.29, 0.717) is 13.2 Å². The Bertz CT molecular complexity index is 536. The fraction of sp³-hybridized carbons (Fsp3) is 0.722. The molecule has 2 aliphatic heterocycles. The van der Waals surface area contributed by atoms with E-state index in [0.717, 1.165) is 51.3 Å². The third kappa shape index (κ3) is 5.12. The molecule has 2 saturated heterocycles. The standard InChI is InChI=1S/C18H28N4O3/c1-15(25-14-16-6-2-3-13-24-16)18(23)22-10-5-9-21(11-12-22)17-7-4-8-19-20-17/h4,7-8,15-16H,2-3,5-6,9-14H2,1H3/t15-,16+/m1/s1. The lowest BCUT2D eigenvalue weighted by Crippen LogP contribution is -2.42. The van der Waals surface area contributed by atoms with Crippen molar-refractivity contribution in [1.29, 1.82) is 0 Å². The maximum atomic E-state index is 12.7. The van der Waals surface area contributed by atoms with E-state index in [4.69, 9.17) is 9.47 Å². The van der Waals surface area contributed by atoms with E-state index < -0.39 is 6.10 Å². The van der Waals surface area contributed by atoms with Crippen LogP contribution in [0.4, 0.5) is 5.82 Å². The number of rotatable bonds is 5. The third-order valence-electron chi connectivity index (χ3n) is 4.84. The lowest BCUT2D eigenvalue weighted by molar-refractivity contribution is -0.145. The number of carbonyl (C=O) groups excluding carboxylic acids is 1. The van der Waals surface area contributed by atoms with Crippen LogP contribution in [0, 0.1) is 0 Å². The maximum absolute atomic E-state index is 12.7. The highest BCUT2D eigenvalue weighted by molar-refractivity contribution is 5.80. The van der Waals surface area contributed by atoms with Crippen molar-refractivity contribution in [3.05, 3.63) is 18.3 Å². The maximum Gasteiger partial charge on any atom is 0.251 e. The molecule has 0 spiro atoms. The highest BCUT2D eigenvalue weighted by Crippen LogP contribution is 2.15. The zero-order valence-corrected chi connectivity index (χ0v) is 15.0. The normalized spacial score (nSPS) is 23.2. The molecule has 138 valence electrons. The van der Waals surface area contributed by atoms with Gasteiger partial charge in [0.05, 0.1) is 12.7 Å². The van der Waals surface area contributed by atoms with Crippen molar-refractivity contribution in [1.82, 2.24) is 15.1 Å². The van der Waals surface area contributed by atoms with Crippen LogP contribution >= 0.6 is 0 Å². The number of carbonyl (C=O) groups is 1. The van der Waals surface area contributed by atoms with Crippen LogP contribution < -0.4 is 4.90 Å². The molecular weight excluding hydrogens is 320 g/mol. The Morgan fingerprint density at radius 1 is 1.32 bits per heavy atom. The Kier molecular flexibility index (Phi) is 6.58. The molecule has 3 rings (SSSR count). The Labute approximate surface area is 149 Å². The monoisotopic (exact) mass is 348 g/mol. The zero-order valence-electron chi connectivity index (χ0n) is 15.0. The van der Waals surface area contributed by atoms with Gasteiger partial charge in [0.2, 0.25) is 0 Å². The van der Waals surface area contributed by atoms with Crippen LogP contribution in [0.5, 0.6) is 0 Å².